The molecule has 37 heavy (non-hydrogen) atoms. The minimum Gasteiger partial charge on any atom is -0.369 e. The van der Waals surface area contributed by atoms with Gasteiger partial charge >= 0.3 is 0 Å². The minimum atomic E-state index is 0.376. The number of fused-ring (bicyclic) bond motifs is 1. The second-order valence-corrected chi connectivity index (χ2v) is 10.2. The average Bonchev–Trinajstić information content (AvgIpc) is 3.30. The van der Waals surface area contributed by atoms with E-state index >= 15 is 0 Å². The molecule has 2 aromatic rings. The third-order valence-corrected chi connectivity index (χ3v) is 7.28. The zero-order chi connectivity index (χ0) is 26.5. The Morgan fingerprint density at radius 2 is 2.08 bits per heavy atom. The van der Waals surface area contributed by atoms with Crippen LogP contribution >= 0.6 is 11.9 Å². The fourth-order valence-corrected chi connectivity index (χ4v) is 5.24. The van der Waals surface area contributed by atoms with E-state index in [4.69, 9.17) is 4.98 Å². The van der Waals surface area contributed by atoms with Crippen LogP contribution < -0.4 is 10.0 Å². The third kappa shape index (κ3) is 6.21. The molecule has 2 atom stereocenters. The van der Waals surface area contributed by atoms with Crippen molar-refractivity contribution in [3.05, 3.63) is 84.0 Å². The normalized spacial score (nSPS) is 19.6. The molecule has 0 aromatic carbocycles. The number of nitrogens with zero attached hydrogens (tertiary/aromatic N) is 6. The number of hydrogen-bond acceptors (Lipinski definition) is 9. The quantitative estimate of drug-likeness (QED) is 0.261. The van der Waals surface area contributed by atoms with E-state index in [-0.39, 0.29) is 0 Å². The average molecular weight is 515 g/mol. The Labute approximate surface area is 224 Å². The molecule has 0 aliphatic carbocycles. The van der Waals surface area contributed by atoms with Gasteiger partial charge in [0.2, 0.25) is 5.95 Å². The number of pyridine rings is 1. The van der Waals surface area contributed by atoms with Gasteiger partial charge in [0.1, 0.15) is 5.82 Å². The molecule has 4 heterocycles. The van der Waals surface area contributed by atoms with Gasteiger partial charge in [-0.1, -0.05) is 31.7 Å². The Morgan fingerprint density at radius 3 is 2.78 bits per heavy atom. The van der Waals surface area contributed by atoms with Gasteiger partial charge in [-0.05, 0) is 50.5 Å². The molecule has 2 aliphatic rings. The molecule has 0 saturated carbocycles. The van der Waals surface area contributed by atoms with Crippen molar-refractivity contribution in [2.75, 3.05) is 22.8 Å². The lowest BCUT2D eigenvalue weighted by atomic mass is 9.95. The maximum absolute atomic E-state index is 9.25. The highest BCUT2D eigenvalue weighted by Crippen LogP contribution is 2.33. The monoisotopic (exact) mass is 514 g/mol. The molecule has 0 spiro atoms. The van der Waals surface area contributed by atoms with Crippen LogP contribution in [0.2, 0.25) is 0 Å². The molecule has 1 saturated heterocycles. The van der Waals surface area contributed by atoms with E-state index in [1.54, 1.807) is 13.0 Å². The highest BCUT2D eigenvalue weighted by molar-refractivity contribution is 7.99. The highest BCUT2D eigenvalue weighted by atomic mass is 32.2. The lowest BCUT2D eigenvalue weighted by Crippen LogP contribution is -2.46. The number of likely N-dealkylation sites (tertiary alicyclic amines) is 1. The van der Waals surface area contributed by atoms with Crippen molar-refractivity contribution < 1.29 is 0 Å². The fourth-order valence-electron chi connectivity index (χ4n) is 4.92. The Bertz CT molecular complexity index is 1280. The maximum Gasteiger partial charge on any atom is 0.227 e. The van der Waals surface area contributed by atoms with Gasteiger partial charge in [0.05, 0.1) is 17.3 Å². The van der Waals surface area contributed by atoms with Crippen molar-refractivity contribution in [1.82, 2.24) is 24.8 Å². The minimum absolute atomic E-state index is 0.376. The summed E-state index contributed by atoms with van der Waals surface area (Å²) in [6, 6.07) is 7.07. The zero-order valence-corrected chi connectivity index (χ0v) is 22.6. The van der Waals surface area contributed by atoms with Gasteiger partial charge in [-0.15, -0.1) is 0 Å². The van der Waals surface area contributed by atoms with Crippen molar-refractivity contribution in [2.24, 2.45) is 0 Å². The van der Waals surface area contributed by atoms with Crippen molar-refractivity contribution in [3.63, 3.8) is 0 Å². The second kappa shape index (κ2) is 11.6. The Balaban J connectivity index is 1.36. The predicted octanol–water partition coefficient (Wildman–Crippen LogP) is 5.35. The molecule has 0 unspecified atom stereocenters. The van der Waals surface area contributed by atoms with Crippen LogP contribution in [0.15, 0.2) is 67.2 Å². The summed E-state index contributed by atoms with van der Waals surface area (Å²) in [6.45, 7) is 18.9. The summed E-state index contributed by atoms with van der Waals surface area (Å²) in [4.78, 5) is 18.5. The predicted molar refractivity (Wildman–Crippen MR) is 152 cm³/mol. The molecule has 1 fully saturated rings. The van der Waals surface area contributed by atoms with Crippen molar-refractivity contribution in [3.8, 4) is 6.07 Å². The van der Waals surface area contributed by atoms with E-state index in [0.717, 1.165) is 60.8 Å². The molecular formula is C28H34N8S. The summed E-state index contributed by atoms with van der Waals surface area (Å²) < 4.78 is 3.20. The van der Waals surface area contributed by atoms with Gasteiger partial charge in [-0.3, -0.25) is 4.90 Å². The number of hydrogen-bond donors (Lipinski definition) is 2. The molecule has 4 rings (SSSR count). The van der Waals surface area contributed by atoms with Gasteiger partial charge in [-0.2, -0.15) is 5.26 Å². The molecule has 0 amide bonds. The summed E-state index contributed by atoms with van der Waals surface area (Å²) >= 11 is 1.53. The second-order valence-electron chi connectivity index (χ2n) is 9.57. The molecule has 2 N–H and O–H groups in total. The van der Waals surface area contributed by atoms with E-state index in [9.17, 15) is 5.26 Å². The molecule has 0 radical (unpaired) electrons. The van der Waals surface area contributed by atoms with Gasteiger partial charge in [-0.25, -0.2) is 15.0 Å². The Kier molecular flexibility index (Phi) is 8.31. The van der Waals surface area contributed by atoms with Gasteiger partial charge in [0, 0.05) is 72.9 Å². The molecule has 9 heteroatoms. The van der Waals surface area contributed by atoms with Crippen molar-refractivity contribution in [1.29, 1.82) is 5.26 Å². The van der Waals surface area contributed by atoms with Crippen LogP contribution in [0.25, 0.3) is 5.70 Å². The van der Waals surface area contributed by atoms with Gasteiger partial charge < -0.3 is 14.9 Å². The first-order chi connectivity index (χ1) is 17.8. The maximum atomic E-state index is 9.25. The number of anilines is 2. The van der Waals surface area contributed by atoms with Crippen molar-refractivity contribution in [2.45, 2.75) is 51.9 Å². The number of aromatic nitrogens is 3. The first kappa shape index (κ1) is 26.5. The number of allylic oxidation sites excluding steroid dienone is 3. The summed E-state index contributed by atoms with van der Waals surface area (Å²) in [7, 11) is 0. The van der Waals surface area contributed by atoms with Gasteiger partial charge in [0.25, 0.3) is 0 Å². The molecule has 8 nitrogen and oxygen atoms in total. The van der Waals surface area contributed by atoms with E-state index in [0.29, 0.717) is 34.9 Å². The molecule has 2 aromatic heterocycles. The topological polar surface area (TPSA) is 93.0 Å². The summed E-state index contributed by atoms with van der Waals surface area (Å²) in [5.74, 6) is 1.34. The lowest BCUT2D eigenvalue weighted by molar-refractivity contribution is 0.102. The number of nitriles is 1. The molecular weight excluding hydrogens is 480 g/mol. The van der Waals surface area contributed by atoms with E-state index in [2.05, 4.69) is 68.6 Å². The van der Waals surface area contributed by atoms with E-state index < -0.39 is 0 Å². The summed E-state index contributed by atoms with van der Waals surface area (Å²) in [5.41, 5.74) is 6.08. The first-order valence-electron chi connectivity index (χ1n) is 12.3. The SMILES string of the molecule is C=C(/C=C(/C#N)C(=C)C)Nc1ncc2c(n1)CN([C@H]1CCN(C(=C)c3ccnc(NSC)c3)[C@H](C)C1)C2. The third-order valence-electron chi connectivity index (χ3n) is 6.86. The largest absolute Gasteiger partial charge is 0.369 e. The number of rotatable bonds is 9. The molecule has 0 bridgehead atoms. The lowest BCUT2D eigenvalue weighted by Gasteiger charge is -2.43. The fraction of sp³-hybridized carbons (Fsp3) is 0.357. The zero-order valence-electron chi connectivity index (χ0n) is 21.8. The summed E-state index contributed by atoms with van der Waals surface area (Å²) in [5, 5.41) is 12.4. The molecule has 192 valence electrons. The number of nitrogens with one attached hydrogen (secondary N) is 2. The van der Waals surface area contributed by atoms with Gasteiger partial charge in [0.15, 0.2) is 0 Å². The first-order valence-corrected chi connectivity index (χ1v) is 13.5. The van der Waals surface area contributed by atoms with Crippen LogP contribution in [-0.4, -0.2) is 49.6 Å². The summed E-state index contributed by atoms with van der Waals surface area (Å²) in [6.07, 6.45) is 9.51. The van der Waals surface area contributed by atoms with Crippen LogP contribution in [0.1, 0.15) is 43.5 Å². The highest BCUT2D eigenvalue weighted by Gasteiger charge is 2.33. The number of piperidine rings is 1. The standard InChI is InChI=1S/C28H34N8S/c1-18(2)23(14-29)11-19(3)32-28-31-15-24-16-35(17-26(24)33-28)25-8-10-36(20(4)12-25)21(5)22-7-9-30-27(13-22)34-37-6/h7,9,11,13,15,20,25H,1,3,5,8,10,12,16-17H2,2,4,6H3,(H,30,34)(H,31,32,33)/b23-11-/t20-,25+/m1/s1. The van der Waals surface area contributed by atoms with E-state index in [1.807, 2.05) is 24.7 Å². The van der Waals surface area contributed by atoms with Crippen LogP contribution in [0.5, 0.6) is 0 Å². The van der Waals surface area contributed by atoms with Crippen LogP contribution in [0.4, 0.5) is 11.8 Å². The van der Waals surface area contributed by atoms with E-state index in [1.165, 1.54) is 11.9 Å². The van der Waals surface area contributed by atoms with Crippen molar-refractivity contribution >= 4 is 29.4 Å². The molecule has 2 aliphatic heterocycles. The Hall–Kier alpha value is -3.61. The van der Waals surface area contributed by atoms with Crippen LogP contribution in [0, 0.1) is 11.3 Å². The smallest absolute Gasteiger partial charge is 0.227 e. The Morgan fingerprint density at radius 1 is 1.27 bits per heavy atom. The van der Waals surface area contributed by atoms with Crippen LogP contribution in [0.3, 0.4) is 0 Å². The van der Waals surface area contributed by atoms with Crippen LogP contribution in [-0.2, 0) is 13.1 Å².